The molecule has 0 bridgehead atoms. The number of hydrogen-bond acceptors (Lipinski definition) is 2. The Labute approximate surface area is 123 Å². The summed E-state index contributed by atoms with van der Waals surface area (Å²) in [7, 11) is 0. The molecular formula is C16H16ClN3. The van der Waals surface area contributed by atoms with Crippen LogP contribution in [0.4, 0.5) is 0 Å². The SMILES string of the molecule is CC(NCc1ccccc1Cl)c1nc2ccccc2[nH]1. The molecule has 0 aliphatic carbocycles. The summed E-state index contributed by atoms with van der Waals surface area (Å²) in [5, 5.41) is 4.23. The summed E-state index contributed by atoms with van der Waals surface area (Å²) in [5.41, 5.74) is 3.15. The molecule has 2 N–H and O–H groups in total. The van der Waals surface area contributed by atoms with Crippen LogP contribution in [0.25, 0.3) is 11.0 Å². The van der Waals surface area contributed by atoms with Gasteiger partial charge in [0.15, 0.2) is 0 Å². The Morgan fingerprint density at radius 3 is 2.70 bits per heavy atom. The highest BCUT2D eigenvalue weighted by atomic mass is 35.5. The molecule has 0 fully saturated rings. The van der Waals surface area contributed by atoms with E-state index < -0.39 is 0 Å². The van der Waals surface area contributed by atoms with E-state index in [1.807, 2.05) is 48.5 Å². The van der Waals surface area contributed by atoms with E-state index in [0.29, 0.717) is 0 Å². The second-order valence-electron chi connectivity index (χ2n) is 4.83. The summed E-state index contributed by atoms with van der Waals surface area (Å²) in [6, 6.07) is 16.1. The van der Waals surface area contributed by atoms with Gasteiger partial charge >= 0.3 is 0 Å². The Morgan fingerprint density at radius 1 is 1.15 bits per heavy atom. The molecule has 3 aromatic rings. The number of halogens is 1. The van der Waals surface area contributed by atoms with Gasteiger partial charge in [0.1, 0.15) is 5.82 Å². The maximum Gasteiger partial charge on any atom is 0.124 e. The maximum atomic E-state index is 6.15. The van der Waals surface area contributed by atoms with Gasteiger partial charge in [-0.1, -0.05) is 41.9 Å². The predicted molar refractivity (Wildman–Crippen MR) is 82.8 cm³/mol. The molecule has 0 amide bonds. The topological polar surface area (TPSA) is 40.7 Å². The van der Waals surface area contributed by atoms with E-state index in [9.17, 15) is 0 Å². The molecule has 3 nitrogen and oxygen atoms in total. The normalized spacial score (nSPS) is 12.7. The first kappa shape index (κ1) is 13.2. The van der Waals surface area contributed by atoms with E-state index in [0.717, 1.165) is 34.0 Å². The molecule has 20 heavy (non-hydrogen) atoms. The van der Waals surface area contributed by atoms with Crippen molar-refractivity contribution < 1.29 is 0 Å². The van der Waals surface area contributed by atoms with E-state index in [1.54, 1.807) is 0 Å². The highest BCUT2D eigenvalue weighted by Crippen LogP contribution is 2.18. The summed E-state index contributed by atoms with van der Waals surface area (Å²) in [6.07, 6.45) is 0. The van der Waals surface area contributed by atoms with Crippen molar-refractivity contribution in [2.24, 2.45) is 0 Å². The van der Waals surface area contributed by atoms with E-state index in [4.69, 9.17) is 11.6 Å². The van der Waals surface area contributed by atoms with Gasteiger partial charge in [-0.25, -0.2) is 4.98 Å². The number of nitrogens with one attached hydrogen (secondary N) is 2. The van der Waals surface area contributed by atoms with Crippen LogP contribution >= 0.6 is 11.6 Å². The lowest BCUT2D eigenvalue weighted by Crippen LogP contribution is -2.19. The van der Waals surface area contributed by atoms with Crippen LogP contribution in [0.1, 0.15) is 24.4 Å². The number of nitrogens with zero attached hydrogens (tertiary/aromatic N) is 1. The largest absolute Gasteiger partial charge is 0.341 e. The Kier molecular flexibility index (Phi) is 3.72. The molecule has 102 valence electrons. The molecule has 1 heterocycles. The van der Waals surface area contributed by atoms with E-state index in [1.165, 1.54) is 0 Å². The molecule has 0 radical (unpaired) electrons. The molecule has 3 rings (SSSR count). The van der Waals surface area contributed by atoms with Crippen LogP contribution < -0.4 is 5.32 Å². The van der Waals surface area contributed by atoms with Crippen LogP contribution in [0.15, 0.2) is 48.5 Å². The zero-order valence-corrected chi connectivity index (χ0v) is 12.0. The van der Waals surface area contributed by atoms with Crippen molar-refractivity contribution in [3.63, 3.8) is 0 Å². The van der Waals surface area contributed by atoms with Gasteiger partial charge in [-0.15, -0.1) is 0 Å². The molecule has 0 aliphatic heterocycles. The molecule has 1 atom stereocenters. The summed E-state index contributed by atoms with van der Waals surface area (Å²) in [6.45, 7) is 2.81. The highest BCUT2D eigenvalue weighted by Gasteiger charge is 2.10. The number of hydrogen-bond donors (Lipinski definition) is 2. The van der Waals surface area contributed by atoms with Crippen molar-refractivity contribution in [1.29, 1.82) is 0 Å². The van der Waals surface area contributed by atoms with Crippen molar-refractivity contribution in [1.82, 2.24) is 15.3 Å². The summed E-state index contributed by atoms with van der Waals surface area (Å²) in [4.78, 5) is 7.94. The smallest absolute Gasteiger partial charge is 0.124 e. The van der Waals surface area contributed by atoms with E-state index >= 15 is 0 Å². The number of rotatable bonds is 4. The van der Waals surface area contributed by atoms with E-state index in [2.05, 4.69) is 22.2 Å². The fraction of sp³-hybridized carbons (Fsp3) is 0.188. The molecule has 0 saturated carbocycles. The number of imidazole rings is 1. The van der Waals surface area contributed by atoms with Gasteiger partial charge in [0, 0.05) is 11.6 Å². The number of aromatic amines is 1. The third-order valence-corrected chi connectivity index (χ3v) is 3.74. The molecule has 4 heteroatoms. The van der Waals surface area contributed by atoms with Crippen molar-refractivity contribution >= 4 is 22.6 Å². The second kappa shape index (κ2) is 5.65. The van der Waals surface area contributed by atoms with Gasteiger partial charge in [-0.05, 0) is 30.7 Å². The number of H-pyrrole nitrogens is 1. The van der Waals surface area contributed by atoms with Crippen molar-refractivity contribution in [2.45, 2.75) is 19.5 Å². The average molecular weight is 286 g/mol. The zero-order valence-electron chi connectivity index (χ0n) is 11.2. The first-order chi connectivity index (χ1) is 9.74. The standard InChI is InChI=1S/C16H16ClN3/c1-11(18-10-12-6-2-3-7-13(12)17)16-19-14-8-4-5-9-15(14)20-16/h2-9,11,18H,10H2,1H3,(H,19,20). The van der Waals surface area contributed by atoms with Crippen LogP contribution in [0.3, 0.4) is 0 Å². The Balaban J connectivity index is 1.73. The zero-order chi connectivity index (χ0) is 13.9. The second-order valence-corrected chi connectivity index (χ2v) is 5.24. The lowest BCUT2D eigenvalue weighted by Gasteiger charge is -2.12. The van der Waals surface area contributed by atoms with Gasteiger partial charge in [0.2, 0.25) is 0 Å². The number of aromatic nitrogens is 2. The minimum absolute atomic E-state index is 0.138. The van der Waals surface area contributed by atoms with Crippen LogP contribution in [0, 0.1) is 0 Å². The molecule has 0 saturated heterocycles. The van der Waals surface area contributed by atoms with Gasteiger partial charge in [0.05, 0.1) is 17.1 Å². The van der Waals surface area contributed by atoms with Gasteiger partial charge < -0.3 is 10.3 Å². The molecule has 0 spiro atoms. The van der Waals surface area contributed by atoms with Gasteiger partial charge in [-0.2, -0.15) is 0 Å². The number of benzene rings is 2. The molecule has 2 aromatic carbocycles. The lowest BCUT2D eigenvalue weighted by atomic mass is 10.2. The molecule has 0 aliphatic rings. The van der Waals surface area contributed by atoms with Crippen molar-refractivity contribution in [3.05, 3.63) is 64.9 Å². The summed E-state index contributed by atoms with van der Waals surface area (Å²) < 4.78 is 0. The molecule has 1 unspecified atom stereocenters. The predicted octanol–water partition coefficient (Wildman–Crippen LogP) is 4.07. The number of fused-ring (bicyclic) bond motifs is 1. The fourth-order valence-electron chi connectivity index (χ4n) is 2.18. The van der Waals surface area contributed by atoms with Crippen molar-refractivity contribution in [2.75, 3.05) is 0 Å². The Bertz CT molecular complexity index is 687. The first-order valence-electron chi connectivity index (χ1n) is 6.65. The lowest BCUT2D eigenvalue weighted by molar-refractivity contribution is 0.552. The van der Waals surface area contributed by atoms with Crippen LogP contribution in [-0.4, -0.2) is 9.97 Å². The third kappa shape index (κ3) is 2.69. The minimum atomic E-state index is 0.138. The Morgan fingerprint density at radius 2 is 1.90 bits per heavy atom. The maximum absolute atomic E-state index is 6.15. The Hall–Kier alpha value is -1.84. The van der Waals surface area contributed by atoms with Crippen LogP contribution in [-0.2, 0) is 6.54 Å². The molecule has 1 aromatic heterocycles. The fourth-order valence-corrected chi connectivity index (χ4v) is 2.38. The van der Waals surface area contributed by atoms with E-state index in [-0.39, 0.29) is 6.04 Å². The quantitative estimate of drug-likeness (QED) is 0.759. The third-order valence-electron chi connectivity index (χ3n) is 3.37. The summed E-state index contributed by atoms with van der Waals surface area (Å²) >= 11 is 6.15. The highest BCUT2D eigenvalue weighted by molar-refractivity contribution is 6.31. The summed E-state index contributed by atoms with van der Waals surface area (Å²) in [5.74, 6) is 0.943. The minimum Gasteiger partial charge on any atom is -0.341 e. The first-order valence-corrected chi connectivity index (χ1v) is 7.03. The van der Waals surface area contributed by atoms with Crippen LogP contribution in [0.5, 0.6) is 0 Å². The number of para-hydroxylation sites is 2. The van der Waals surface area contributed by atoms with Gasteiger partial charge in [0.25, 0.3) is 0 Å². The average Bonchev–Trinajstić information content (AvgIpc) is 2.90. The van der Waals surface area contributed by atoms with Crippen LogP contribution in [0.2, 0.25) is 5.02 Å². The van der Waals surface area contributed by atoms with Gasteiger partial charge in [-0.3, -0.25) is 0 Å². The molecular weight excluding hydrogens is 270 g/mol. The van der Waals surface area contributed by atoms with Crippen molar-refractivity contribution in [3.8, 4) is 0 Å². The monoisotopic (exact) mass is 285 g/mol.